The van der Waals surface area contributed by atoms with Gasteiger partial charge in [-0.05, 0) is 13.3 Å². The first kappa shape index (κ1) is 52.7. The summed E-state index contributed by atoms with van der Waals surface area (Å²) < 4.78 is 74.6. The van der Waals surface area contributed by atoms with Gasteiger partial charge in [0.25, 0.3) is 0 Å². The van der Waals surface area contributed by atoms with Crippen LogP contribution in [0.1, 0.15) is 79.1 Å². The molecular formula is C35H67N3O11S2. The van der Waals surface area contributed by atoms with E-state index < -0.39 is 37.9 Å². The second-order valence-corrected chi connectivity index (χ2v) is 16.5. The summed E-state index contributed by atoms with van der Waals surface area (Å²) in [5.41, 5.74) is 0. The molecule has 0 heterocycles. The summed E-state index contributed by atoms with van der Waals surface area (Å²) in [7, 11) is 0.971. The Morgan fingerprint density at radius 3 is 1.57 bits per heavy atom. The highest BCUT2D eigenvalue weighted by Crippen LogP contribution is 2.07. The zero-order valence-corrected chi connectivity index (χ0v) is 33.0. The molecule has 0 N–H and O–H groups in total. The van der Waals surface area contributed by atoms with Crippen molar-refractivity contribution >= 4 is 38.1 Å². The van der Waals surface area contributed by atoms with E-state index in [0.717, 1.165) is 31.4 Å². The molecule has 0 atom stereocenters. The number of quaternary nitrogens is 2. The predicted octanol–water partition coefficient (Wildman–Crippen LogP) is 3.62. The Balaban J connectivity index is -0.000000931. The molecule has 0 rings (SSSR count). The van der Waals surface area contributed by atoms with Crippen molar-refractivity contribution in [1.82, 2.24) is 4.90 Å². The average molecular weight is 770 g/mol. The van der Waals surface area contributed by atoms with Crippen LogP contribution in [0.2, 0.25) is 0 Å². The van der Waals surface area contributed by atoms with Crippen LogP contribution in [0.3, 0.4) is 0 Å². The molecule has 0 radical (unpaired) electrons. The van der Waals surface area contributed by atoms with Crippen molar-refractivity contribution in [3.05, 3.63) is 36.5 Å². The summed E-state index contributed by atoms with van der Waals surface area (Å²) in [6, 6.07) is 0. The number of hydrogen-bond donors (Lipinski definition) is 0. The number of esters is 2. The summed E-state index contributed by atoms with van der Waals surface area (Å²) in [6.07, 6.45) is 17.4. The van der Waals surface area contributed by atoms with Crippen LogP contribution in [0, 0.1) is 0 Å². The Bertz CT molecular complexity index is 1280. The normalized spacial score (nSPS) is 12.4. The number of carbonyl (C=O) groups excluding carboxylic acids is 3. The summed E-state index contributed by atoms with van der Waals surface area (Å²) in [6.45, 7) is 7.29. The molecule has 0 saturated heterocycles. The quantitative estimate of drug-likeness (QED) is 0.0312. The highest BCUT2D eigenvalue weighted by Gasteiger charge is 2.18. The Kier molecular flexibility index (Phi) is 29.9. The van der Waals surface area contributed by atoms with E-state index in [1.54, 1.807) is 24.1 Å². The van der Waals surface area contributed by atoms with Crippen LogP contribution in [0.5, 0.6) is 0 Å². The first-order valence-corrected chi connectivity index (χ1v) is 20.4. The maximum absolute atomic E-state index is 11.8. The Hall–Kier alpha value is -2.63. The molecule has 51 heavy (non-hydrogen) atoms. The van der Waals surface area contributed by atoms with Gasteiger partial charge in [-0.2, -0.15) is 0 Å². The van der Waals surface area contributed by atoms with E-state index in [4.69, 9.17) is 9.47 Å². The minimum Gasteiger partial charge on any atom is -0.748 e. The number of carbonyl (C=O) groups is 3. The number of likely N-dealkylation sites (N-methyl/N-ethyl adjacent to an activating group) is 3. The van der Waals surface area contributed by atoms with Crippen molar-refractivity contribution in [3.8, 4) is 0 Å². The van der Waals surface area contributed by atoms with Crippen LogP contribution < -0.4 is 0 Å². The number of allylic oxidation sites excluding steroid dienone is 3. The zero-order chi connectivity index (χ0) is 38.7. The number of unbranched alkanes of at least 4 members (excludes halogenated alkanes) is 6. The van der Waals surface area contributed by atoms with Crippen LogP contribution in [0.15, 0.2) is 36.5 Å². The molecule has 0 spiro atoms. The molecule has 0 aliphatic rings. The minimum atomic E-state index is -4.21. The van der Waals surface area contributed by atoms with E-state index in [1.165, 1.54) is 31.8 Å². The first-order valence-electron chi connectivity index (χ1n) is 17.2. The molecule has 0 fully saturated rings. The van der Waals surface area contributed by atoms with Crippen LogP contribution in [-0.4, -0.2) is 150 Å². The van der Waals surface area contributed by atoms with Gasteiger partial charge in [-0.1, -0.05) is 71.1 Å². The van der Waals surface area contributed by atoms with Gasteiger partial charge in [-0.25, -0.2) is 26.4 Å². The third kappa shape index (κ3) is 38.4. The van der Waals surface area contributed by atoms with E-state index in [-0.39, 0.29) is 32.1 Å². The van der Waals surface area contributed by atoms with Gasteiger partial charge in [0, 0.05) is 49.6 Å². The van der Waals surface area contributed by atoms with Crippen LogP contribution in [0.25, 0.3) is 0 Å². The molecule has 300 valence electrons. The molecule has 0 aromatic rings. The van der Waals surface area contributed by atoms with Gasteiger partial charge in [-0.3, -0.25) is 4.79 Å². The number of amides is 1. The fraction of sp³-hybridized carbons (Fsp3) is 0.743. The third-order valence-electron chi connectivity index (χ3n) is 7.56. The van der Waals surface area contributed by atoms with E-state index in [1.807, 2.05) is 41.2 Å². The van der Waals surface area contributed by atoms with Crippen LogP contribution in [0.4, 0.5) is 0 Å². The molecule has 0 aliphatic heterocycles. The molecule has 0 aliphatic carbocycles. The second kappa shape index (κ2) is 28.9. The topological polar surface area (TPSA) is 187 Å². The van der Waals surface area contributed by atoms with E-state index >= 15 is 0 Å². The van der Waals surface area contributed by atoms with E-state index in [2.05, 4.69) is 6.92 Å². The van der Waals surface area contributed by atoms with Gasteiger partial charge in [0.05, 0.1) is 81.2 Å². The molecule has 16 heteroatoms. The van der Waals surface area contributed by atoms with Gasteiger partial charge < -0.3 is 32.4 Å². The summed E-state index contributed by atoms with van der Waals surface area (Å²) >= 11 is 0. The van der Waals surface area contributed by atoms with E-state index in [9.17, 15) is 40.3 Å². The highest BCUT2D eigenvalue weighted by molar-refractivity contribution is 7.85. The average Bonchev–Trinajstić information content (AvgIpc) is 2.99. The third-order valence-corrected chi connectivity index (χ3v) is 9.14. The van der Waals surface area contributed by atoms with Crippen molar-refractivity contribution < 1.29 is 58.8 Å². The van der Waals surface area contributed by atoms with Crippen molar-refractivity contribution in [2.75, 3.05) is 92.7 Å². The van der Waals surface area contributed by atoms with Gasteiger partial charge >= 0.3 is 11.9 Å². The number of ether oxygens (including phenoxy) is 2. The smallest absolute Gasteiger partial charge is 0.331 e. The van der Waals surface area contributed by atoms with Crippen molar-refractivity contribution in [3.63, 3.8) is 0 Å². The molecule has 1 amide bonds. The number of hydrogen-bond acceptors (Lipinski definition) is 11. The van der Waals surface area contributed by atoms with Crippen molar-refractivity contribution in [2.45, 2.75) is 79.1 Å². The van der Waals surface area contributed by atoms with Gasteiger partial charge in [0.1, 0.15) is 13.2 Å². The zero-order valence-electron chi connectivity index (χ0n) is 31.3. The molecular weight excluding hydrogens is 703 g/mol. The molecule has 0 bridgehead atoms. The molecule has 0 saturated carbocycles. The molecule has 14 nitrogen and oxygen atoms in total. The number of nitrogens with zero attached hydrogens (tertiary/aromatic N) is 3. The Morgan fingerprint density at radius 2 is 1.10 bits per heavy atom. The maximum Gasteiger partial charge on any atom is 0.331 e. The maximum atomic E-state index is 11.8. The van der Waals surface area contributed by atoms with Crippen LogP contribution >= 0.6 is 0 Å². The largest absolute Gasteiger partial charge is 0.748 e. The minimum absolute atomic E-state index is 0. The highest BCUT2D eigenvalue weighted by atomic mass is 32.2. The van der Waals surface area contributed by atoms with Gasteiger partial charge in [-0.15, -0.1) is 0 Å². The lowest BCUT2D eigenvalue weighted by molar-refractivity contribution is -0.890. The summed E-state index contributed by atoms with van der Waals surface area (Å²) in [5.74, 6) is -2.02. The fourth-order valence-electron chi connectivity index (χ4n) is 4.33. The van der Waals surface area contributed by atoms with Gasteiger partial charge in [0.2, 0.25) is 5.91 Å². The van der Waals surface area contributed by atoms with E-state index in [0.29, 0.717) is 54.7 Å². The Labute approximate surface area is 309 Å². The van der Waals surface area contributed by atoms with Crippen molar-refractivity contribution in [1.29, 1.82) is 0 Å². The first-order chi connectivity index (χ1) is 23.1. The molecule has 0 aromatic heterocycles. The lowest BCUT2D eigenvalue weighted by atomic mass is 10.1. The summed E-state index contributed by atoms with van der Waals surface area (Å²) in [5, 5.41) is 0. The standard InChI is InChI=1S/C20H37NO7S.C14H26N2O4S.CH4/c1-4-5-6-7-8-9-10-16-27-19(22)12-13-20(23)28-17-15-21(2,3)14-11-18-29(24,25)26;1-5-6-7-9-14(17)15(2)10-12-16(3,4)11-8-13-21(18,19)20;/h12-13H,4-11,14-18H2,1-3H3;5-7,9H,8,10-13H2,1-4H3;1H4/b13-12-;;. The monoisotopic (exact) mass is 769 g/mol. The second-order valence-electron chi connectivity index (χ2n) is 13.4. The Morgan fingerprint density at radius 1 is 0.647 bits per heavy atom. The van der Waals surface area contributed by atoms with Gasteiger partial charge in [0.15, 0.2) is 0 Å². The lowest BCUT2D eigenvalue weighted by Crippen LogP contribution is -2.46. The number of rotatable bonds is 26. The lowest BCUT2D eigenvalue weighted by Gasteiger charge is -2.31. The molecule has 0 unspecified atom stereocenters. The molecule has 0 aromatic carbocycles. The van der Waals surface area contributed by atoms with Crippen LogP contribution in [-0.2, 0) is 44.1 Å². The fourth-order valence-corrected chi connectivity index (χ4v) is 5.29. The van der Waals surface area contributed by atoms with Crippen molar-refractivity contribution in [2.24, 2.45) is 0 Å². The SMILES string of the molecule is C.CC=CC=CC(=O)N(C)CC[N+](C)(C)CCCS(=O)(=O)[O-].CCCCCCCCCOC(=O)/C=C\C(=O)OCC[N+](C)(C)CCCS(=O)(=O)[O-]. The predicted molar refractivity (Wildman–Crippen MR) is 199 cm³/mol. The summed E-state index contributed by atoms with van der Waals surface area (Å²) in [4.78, 5) is 36.6.